The summed E-state index contributed by atoms with van der Waals surface area (Å²) in [6.45, 7) is 0. The second-order valence-corrected chi connectivity index (χ2v) is 7.64. The summed E-state index contributed by atoms with van der Waals surface area (Å²) in [4.78, 5) is -1.13. The third kappa shape index (κ3) is 3.70. The van der Waals surface area contributed by atoms with E-state index in [9.17, 15) is 30.4 Å². The molecule has 0 N–H and O–H groups in total. The van der Waals surface area contributed by atoms with Gasteiger partial charge in [-0.1, -0.05) is 6.07 Å². The molecule has 3 rings (SSSR count). The van der Waals surface area contributed by atoms with E-state index in [1.807, 2.05) is 0 Å². The highest BCUT2D eigenvalue weighted by Crippen LogP contribution is 2.31. The van der Waals surface area contributed by atoms with Gasteiger partial charge < -0.3 is 0 Å². The maximum Gasteiger partial charge on any atom is 0.282 e. The largest absolute Gasteiger partial charge is 0.282 e. The first-order valence-electron chi connectivity index (χ1n) is 7.41. The lowest BCUT2D eigenvalue weighted by atomic mass is 10.1. The van der Waals surface area contributed by atoms with E-state index in [0.717, 1.165) is 22.9 Å². The molecule has 0 radical (unpaired) electrons. The van der Waals surface area contributed by atoms with Crippen LogP contribution in [0, 0.1) is 17.5 Å². The molecule has 27 heavy (non-hydrogen) atoms. The SMILES string of the molecule is CS(=O)(=O)c1c(F)cc(-c2cc(C(F)F)nn2-c2cccc(F)c2)cc1F. The third-order valence-corrected chi connectivity index (χ3v) is 4.80. The van der Waals surface area contributed by atoms with Crippen LogP contribution in [-0.2, 0) is 9.84 Å². The maximum absolute atomic E-state index is 14.2. The minimum atomic E-state index is -4.18. The number of halogens is 5. The molecule has 0 saturated carbocycles. The lowest BCUT2D eigenvalue weighted by Gasteiger charge is -2.10. The molecule has 0 fully saturated rings. The molecule has 0 aliphatic rings. The van der Waals surface area contributed by atoms with Crippen LogP contribution in [0.2, 0.25) is 0 Å². The fraction of sp³-hybridized carbons (Fsp3) is 0.118. The Bertz CT molecular complexity index is 1100. The fourth-order valence-electron chi connectivity index (χ4n) is 2.58. The number of sulfone groups is 1. The van der Waals surface area contributed by atoms with Gasteiger partial charge in [0.15, 0.2) is 9.84 Å². The minimum absolute atomic E-state index is 0.0462. The van der Waals surface area contributed by atoms with E-state index in [-0.39, 0.29) is 16.9 Å². The van der Waals surface area contributed by atoms with E-state index in [0.29, 0.717) is 18.4 Å². The molecule has 1 heterocycles. The molecule has 10 heteroatoms. The molecule has 0 saturated heterocycles. The van der Waals surface area contributed by atoms with Crippen LogP contribution in [0.25, 0.3) is 16.9 Å². The zero-order valence-corrected chi connectivity index (χ0v) is 14.4. The first kappa shape index (κ1) is 19.0. The van der Waals surface area contributed by atoms with Crippen molar-refractivity contribution in [1.29, 1.82) is 0 Å². The molecular weight excluding hydrogens is 391 g/mol. The highest BCUT2D eigenvalue weighted by molar-refractivity contribution is 7.90. The van der Waals surface area contributed by atoms with Gasteiger partial charge in [-0.2, -0.15) is 5.10 Å². The quantitative estimate of drug-likeness (QED) is 0.612. The molecule has 0 aliphatic heterocycles. The predicted octanol–water partition coefficient (Wildman–Crippen LogP) is 4.30. The molecule has 0 spiro atoms. The second kappa shape index (κ2) is 6.76. The van der Waals surface area contributed by atoms with Crippen LogP contribution in [0.5, 0.6) is 0 Å². The normalized spacial score (nSPS) is 12.0. The number of alkyl halides is 2. The number of hydrogen-bond donors (Lipinski definition) is 0. The molecule has 0 bridgehead atoms. The molecule has 1 aromatic heterocycles. The van der Waals surface area contributed by atoms with Crippen molar-refractivity contribution < 1.29 is 30.4 Å². The van der Waals surface area contributed by atoms with Crippen molar-refractivity contribution in [3.05, 3.63) is 65.6 Å². The van der Waals surface area contributed by atoms with Crippen LogP contribution >= 0.6 is 0 Å². The van der Waals surface area contributed by atoms with Gasteiger partial charge in [0.1, 0.15) is 28.0 Å². The van der Waals surface area contributed by atoms with Crippen molar-refractivity contribution in [3.8, 4) is 16.9 Å². The average Bonchev–Trinajstić information content (AvgIpc) is 2.98. The highest BCUT2D eigenvalue weighted by Gasteiger charge is 2.24. The Morgan fingerprint density at radius 3 is 2.15 bits per heavy atom. The van der Waals surface area contributed by atoms with Crippen molar-refractivity contribution in [1.82, 2.24) is 9.78 Å². The average molecular weight is 402 g/mol. The Kier molecular flexibility index (Phi) is 4.77. The first-order valence-corrected chi connectivity index (χ1v) is 9.30. The molecule has 3 aromatic rings. The summed E-state index contributed by atoms with van der Waals surface area (Å²) in [5, 5.41) is 3.66. The van der Waals surface area contributed by atoms with Gasteiger partial charge in [0.25, 0.3) is 6.43 Å². The van der Waals surface area contributed by atoms with E-state index in [4.69, 9.17) is 0 Å². The number of rotatable bonds is 4. The molecule has 2 aromatic carbocycles. The van der Waals surface area contributed by atoms with Gasteiger partial charge in [0, 0.05) is 11.8 Å². The van der Waals surface area contributed by atoms with Crippen molar-refractivity contribution in [2.45, 2.75) is 11.3 Å². The van der Waals surface area contributed by atoms with Crippen LogP contribution in [0.3, 0.4) is 0 Å². The van der Waals surface area contributed by atoms with Crippen molar-refractivity contribution in [3.63, 3.8) is 0 Å². The second-order valence-electron chi connectivity index (χ2n) is 5.69. The van der Waals surface area contributed by atoms with Crippen LogP contribution in [0.15, 0.2) is 47.4 Å². The Labute approximate surface area is 150 Å². The van der Waals surface area contributed by atoms with Crippen molar-refractivity contribution >= 4 is 9.84 Å². The lowest BCUT2D eigenvalue weighted by molar-refractivity contribution is 0.145. The Morgan fingerprint density at radius 2 is 1.63 bits per heavy atom. The van der Waals surface area contributed by atoms with Gasteiger partial charge in [0.05, 0.1) is 11.4 Å². The van der Waals surface area contributed by atoms with Crippen LogP contribution in [0.1, 0.15) is 12.1 Å². The van der Waals surface area contributed by atoms with Gasteiger partial charge in [-0.3, -0.25) is 0 Å². The van der Waals surface area contributed by atoms with Crippen LogP contribution in [0.4, 0.5) is 22.0 Å². The summed E-state index contributed by atoms with van der Waals surface area (Å²) in [5.74, 6) is -3.42. The first-order chi connectivity index (χ1) is 12.6. The summed E-state index contributed by atoms with van der Waals surface area (Å²) in [7, 11) is -4.18. The monoisotopic (exact) mass is 402 g/mol. The molecular formula is C17H11F5N2O2S. The van der Waals surface area contributed by atoms with E-state index in [2.05, 4.69) is 5.10 Å². The molecule has 0 atom stereocenters. The Balaban J connectivity index is 2.26. The molecule has 0 unspecified atom stereocenters. The van der Waals surface area contributed by atoms with Crippen molar-refractivity contribution in [2.24, 2.45) is 0 Å². The van der Waals surface area contributed by atoms with Gasteiger partial charge in [-0.05, 0) is 36.4 Å². The summed E-state index contributed by atoms with van der Waals surface area (Å²) >= 11 is 0. The van der Waals surface area contributed by atoms with Crippen LogP contribution < -0.4 is 0 Å². The predicted molar refractivity (Wildman–Crippen MR) is 86.9 cm³/mol. The molecule has 0 aliphatic carbocycles. The summed E-state index contributed by atoms with van der Waals surface area (Å²) in [6.07, 6.45) is -2.34. The van der Waals surface area contributed by atoms with E-state index in [1.165, 1.54) is 12.1 Å². The lowest BCUT2D eigenvalue weighted by Crippen LogP contribution is -2.06. The molecule has 4 nitrogen and oxygen atoms in total. The zero-order chi connectivity index (χ0) is 19.9. The number of benzene rings is 2. The fourth-order valence-corrected chi connectivity index (χ4v) is 3.40. The van der Waals surface area contributed by atoms with Gasteiger partial charge in [0.2, 0.25) is 0 Å². The summed E-state index contributed by atoms with van der Waals surface area (Å²) in [6, 6.07) is 7.09. The topological polar surface area (TPSA) is 52.0 Å². The standard InChI is InChI=1S/C17H11F5N2O2S/c1-27(25,26)16-12(19)5-9(6-13(16)20)15-8-14(17(21)22)23-24(15)11-4-2-3-10(18)7-11/h2-8,17H,1H3. The Hall–Kier alpha value is -2.75. The summed E-state index contributed by atoms with van der Waals surface area (Å²) in [5.41, 5.74) is -1.04. The summed E-state index contributed by atoms with van der Waals surface area (Å²) < 4.78 is 91.9. The number of hydrogen-bond acceptors (Lipinski definition) is 3. The number of aromatic nitrogens is 2. The van der Waals surface area contributed by atoms with Crippen LogP contribution in [-0.4, -0.2) is 24.5 Å². The number of nitrogens with zero attached hydrogens (tertiary/aromatic N) is 2. The molecule has 0 amide bonds. The van der Waals surface area contributed by atoms with E-state index < -0.39 is 44.3 Å². The minimum Gasteiger partial charge on any atom is -0.233 e. The van der Waals surface area contributed by atoms with Gasteiger partial charge in [-0.15, -0.1) is 0 Å². The Morgan fingerprint density at radius 1 is 1.00 bits per heavy atom. The van der Waals surface area contributed by atoms with E-state index in [1.54, 1.807) is 0 Å². The van der Waals surface area contributed by atoms with Gasteiger partial charge >= 0.3 is 0 Å². The zero-order valence-electron chi connectivity index (χ0n) is 13.6. The van der Waals surface area contributed by atoms with E-state index >= 15 is 0 Å². The molecule has 142 valence electrons. The maximum atomic E-state index is 14.2. The third-order valence-electron chi connectivity index (χ3n) is 3.67. The highest BCUT2D eigenvalue weighted by atomic mass is 32.2. The smallest absolute Gasteiger partial charge is 0.233 e. The van der Waals surface area contributed by atoms with Crippen molar-refractivity contribution in [2.75, 3.05) is 6.26 Å². The van der Waals surface area contributed by atoms with Gasteiger partial charge in [-0.25, -0.2) is 35.1 Å².